The van der Waals surface area contributed by atoms with Gasteiger partial charge < -0.3 is 9.72 Å². The second kappa shape index (κ2) is 5.33. The third-order valence-electron chi connectivity index (χ3n) is 3.47. The Morgan fingerprint density at radius 3 is 3.13 bits per heavy atom. The number of hydrogen-bond donors (Lipinski definition) is 2. The lowest BCUT2D eigenvalue weighted by atomic mass is 10.3. The number of imidazole rings is 1. The number of nitrogens with one attached hydrogen (secondary N) is 2. The van der Waals surface area contributed by atoms with Crippen LogP contribution in [0.1, 0.15) is 16.3 Å². The molecule has 4 aromatic heterocycles. The van der Waals surface area contributed by atoms with Crippen molar-refractivity contribution in [3.05, 3.63) is 53.7 Å². The number of carbonyl (C=O) groups is 1. The number of pyridine rings is 1. The van der Waals surface area contributed by atoms with Crippen molar-refractivity contribution in [1.82, 2.24) is 24.6 Å². The van der Waals surface area contributed by atoms with Gasteiger partial charge in [0, 0.05) is 17.8 Å². The van der Waals surface area contributed by atoms with Crippen molar-refractivity contribution in [3.63, 3.8) is 0 Å². The molecule has 0 saturated carbocycles. The summed E-state index contributed by atoms with van der Waals surface area (Å²) >= 11 is 1.47. The highest BCUT2D eigenvalue weighted by atomic mass is 32.1. The van der Waals surface area contributed by atoms with Gasteiger partial charge in [0.05, 0.1) is 17.4 Å². The largest absolute Gasteiger partial charge is 0.317 e. The molecule has 0 radical (unpaired) electrons. The summed E-state index contributed by atoms with van der Waals surface area (Å²) in [6.45, 7) is 1.86. The molecule has 114 valence electrons. The molecule has 4 aromatic rings. The van der Waals surface area contributed by atoms with E-state index in [-0.39, 0.29) is 5.91 Å². The molecule has 0 spiro atoms. The molecule has 0 unspecified atom stereocenters. The number of rotatable bonds is 3. The van der Waals surface area contributed by atoms with Crippen molar-refractivity contribution >= 4 is 28.4 Å². The van der Waals surface area contributed by atoms with E-state index in [9.17, 15) is 4.79 Å². The fourth-order valence-corrected chi connectivity index (χ4v) is 3.08. The zero-order chi connectivity index (χ0) is 15.8. The van der Waals surface area contributed by atoms with Gasteiger partial charge in [0.1, 0.15) is 16.5 Å². The van der Waals surface area contributed by atoms with Gasteiger partial charge in [-0.05, 0) is 19.1 Å². The minimum atomic E-state index is -0.277. The van der Waals surface area contributed by atoms with Crippen LogP contribution < -0.4 is 5.32 Å². The Hall–Kier alpha value is -3.00. The molecular formula is C15H12N6OS. The lowest BCUT2D eigenvalue weighted by Gasteiger charge is -2.03. The Bertz CT molecular complexity index is 985. The molecule has 0 aliphatic rings. The summed E-state index contributed by atoms with van der Waals surface area (Å²) in [6, 6.07) is 5.65. The number of hydrogen-bond acceptors (Lipinski definition) is 5. The Labute approximate surface area is 135 Å². The summed E-state index contributed by atoms with van der Waals surface area (Å²) in [7, 11) is 0. The molecule has 0 bridgehead atoms. The first kappa shape index (κ1) is 13.6. The maximum atomic E-state index is 12.6. The molecule has 0 saturated heterocycles. The van der Waals surface area contributed by atoms with Crippen LogP contribution in [-0.2, 0) is 0 Å². The van der Waals surface area contributed by atoms with Crippen molar-refractivity contribution in [1.29, 1.82) is 0 Å². The molecule has 1 amide bonds. The van der Waals surface area contributed by atoms with Crippen LogP contribution in [-0.4, -0.2) is 30.5 Å². The van der Waals surface area contributed by atoms with E-state index in [0.717, 1.165) is 16.3 Å². The van der Waals surface area contributed by atoms with Crippen molar-refractivity contribution < 1.29 is 4.79 Å². The monoisotopic (exact) mass is 324 g/mol. The highest BCUT2D eigenvalue weighted by molar-refractivity contribution is 7.13. The van der Waals surface area contributed by atoms with Crippen LogP contribution >= 0.6 is 11.3 Å². The number of carbonyl (C=O) groups excluding carboxylic acids is 1. The highest BCUT2D eigenvalue weighted by Crippen LogP contribution is 2.27. The molecule has 0 aliphatic heterocycles. The van der Waals surface area contributed by atoms with Crippen LogP contribution in [0.4, 0.5) is 5.69 Å². The third kappa shape index (κ3) is 2.29. The van der Waals surface area contributed by atoms with E-state index < -0.39 is 0 Å². The van der Waals surface area contributed by atoms with Crippen LogP contribution in [0.25, 0.3) is 16.2 Å². The van der Waals surface area contributed by atoms with E-state index in [0.29, 0.717) is 17.1 Å². The molecule has 0 aliphatic carbocycles. The lowest BCUT2D eigenvalue weighted by molar-refractivity contribution is 0.102. The average molecular weight is 324 g/mol. The highest BCUT2D eigenvalue weighted by Gasteiger charge is 2.18. The zero-order valence-corrected chi connectivity index (χ0v) is 13.0. The SMILES string of the molecule is Cc1nc(C(=O)Nc2cn[nH]c2-c2nccs2)c2ccccn12. The zero-order valence-electron chi connectivity index (χ0n) is 12.1. The first-order chi connectivity index (χ1) is 11.2. The van der Waals surface area contributed by atoms with Crippen molar-refractivity contribution in [2.75, 3.05) is 5.32 Å². The molecule has 0 aromatic carbocycles. The van der Waals surface area contributed by atoms with E-state index in [1.165, 1.54) is 11.3 Å². The number of fused-ring (bicyclic) bond motifs is 1. The number of aromatic amines is 1. The molecular weight excluding hydrogens is 312 g/mol. The average Bonchev–Trinajstić information content (AvgIpc) is 3.27. The quantitative estimate of drug-likeness (QED) is 0.606. The Morgan fingerprint density at radius 1 is 1.39 bits per heavy atom. The van der Waals surface area contributed by atoms with Gasteiger partial charge in [-0.2, -0.15) is 5.10 Å². The van der Waals surface area contributed by atoms with Gasteiger partial charge in [0.25, 0.3) is 5.91 Å². The van der Waals surface area contributed by atoms with Crippen molar-refractivity contribution in [3.8, 4) is 10.7 Å². The topological polar surface area (TPSA) is 88.0 Å². The molecule has 4 heterocycles. The van der Waals surface area contributed by atoms with Crippen LogP contribution in [0.15, 0.2) is 42.2 Å². The fourth-order valence-electron chi connectivity index (χ4n) is 2.43. The van der Waals surface area contributed by atoms with Crippen LogP contribution in [0.2, 0.25) is 0 Å². The standard InChI is InChI=1S/C15H12N6OS/c1-9-18-13(11-4-2-3-6-21(9)11)14(22)19-10-8-17-20-12(10)15-16-5-7-23-15/h2-8H,1H3,(H,17,20)(H,19,22). The number of anilines is 1. The number of aryl methyl sites for hydroxylation is 1. The van der Waals surface area contributed by atoms with Crippen molar-refractivity contribution in [2.45, 2.75) is 6.92 Å². The summed E-state index contributed by atoms with van der Waals surface area (Å²) in [5.74, 6) is 0.485. The van der Waals surface area contributed by atoms with E-state index >= 15 is 0 Å². The van der Waals surface area contributed by atoms with E-state index in [2.05, 4.69) is 25.5 Å². The van der Waals surface area contributed by atoms with Crippen molar-refractivity contribution in [2.24, 2.45) is 0 Å². The maximum absolute atomic E-state index is 12.6. The van der Waals surface area contributed by atoms with Crippen LogP contribution in [0.3, 0.4) is 0 Å². The first-order valence-electron chi connectivity index (χ1n) is 6.92. The summed E-state index contributed by atoms with van der Waals surface area (Å²) in [6.07, 6.45) is 5.16. The Kier molecular flexibility index (Phi) is 3.16. The predicted octanol–water partition coefficient (Wildman–Crippen LogP) is 2.74. The normalized spacial score (nSPS) is 11.0. The lowest BCUT2D eigenvalue weighted by Crippen LogP contribution is -2.13. The number of nitrogens with zero attached hydrogens (tertiary/aromatic N) is 4. The Balaban J connectivity index is 1.70. The van der Waals surface area contributed by atoms with Gasteiger partial charge in [-0.3, -0.25) is 9.89 Å². The van der Waals surface area contributed by atoms with Gasteiger partial charge in [-0.25, -0.2) is 9.97 Å². The maximum Gasteiger partial charge on any atom is 0.276 e. The molecule has 2 N–H and O–H groups in total. The molecule has 4 rings (SSSR count). The number of aromatic nitrogens is 5. The minimum absolute atomic E-state index is 0.277. The van der Waals surface area contributed by atoms with E-state index in [4.69, 9.17) is 0 Å². The summed E-state index contributed by atoms with van der Waals surface area (Å²) in [4.78, 5) is 21.2. The summed E-state index contributed by atoms with van der Waals surface area (Å²) < 4.78 is 1.88. The molecule has 0 fully saturated rings. The smallest absolute Gasteiger partial charge is 0.276 e. The summed E-state index contributed by atoms with van der Waals surface area (Å²) in [5, 5.41) is 12.4. The number of amides is 1. The van der Waals surface area contributed by atoms with Gasteiger partial charge in [0.15, 0.2) is 5.69 Å². The van der Waals surface area contributed by atoms with E-state index in [1.54, 1.807) is 12.4 Å². The molecule has 23 heavy (non-hydrogen) atoms. The fraction of sp³-hybridized carbons (Fsp3) is 0.0667. The summed E-state index contributed by atoms with van der Waals surface area (Å²) in [5.41, 5.74) is 2.42. The first-order valence-corrected chi connectivity index (χ1v) is 7.80. The van der Waals surface area contributed by atoms with Gasteiger partial charge in [-0.15, -0.1) is 11.3 Å². The van der Waals surface area contributed by atoms with Gasteiger partial charge >= 0.3 is 0 Å². The minimum Gasteiger partial charge on any atom is -0.317 e. The molecule has 8 heteroatoms. The predicted molar refractivity (Wildman–Crippen MR) is 87.6 cm³/mol. The van der Waals surface area contributed by atoms with Crippen LogP contribution in [0.5, 0.6) is 0 Å². The number of H-pyrrole nitrogens is 1. The van der Waals surface area contributed by atoms with Gasteiger partial charge in [0.2, 0.25) is 0 Å². The second-order valence-electron chi connectivity index (χ2n) is 4.91. The van der Waals surface area contributed by atoms with Crippen LogP contribution in [0, 0.1) is 6.92 Å². The third-order valence-corrected chi connectivity index (χ3v) is 4.26. The second-order valence-corrected chi connectivity index (χ2v) is 5.81. The number of thiazole rings is 1. The molecule has 7 nitrogen and oxygen atoms in total. The van der Waals surface area contributed by atoms with E-state index in [1.807, 2.05) is 41.1 Å². The molecule has 0 atom stereocenters. The Morgan fingerprint density at radius 2 is 2.30 bits per heavy atom. The van der Waals surface area contributed by atoms with Gasteiger partial charge in [-0.1, -0.05) is 6.07 Å².